The van der Waals surface area contributed by atoms with E-state index in [1.54, 1.807) is 0 Å². The molecular weight excluding hydrogens is 1370 g/mol. The van der Waals surface area contributed by atoms with Gasteiger partial charge in [0.2, 0.25) is 0 Å². The number of hydrogen-bond acceptors (Lipinski definition) is 1. The van der Waals surface area contributed by atoms with Crippen molar-refractivity contribution in [1.29, 1.82) is 0 Å². The van der Waals surface area contributed by atoms with Gasteiger partial charge in [0.1, 0.15) is 11.2 Å². The molecule has 5 nitrogen and oxygen atoms in total. The zero-order valence-corrected chi connectivity index (χ0v) is 61.5. The summed E-state index contributed by atoms with van der Waals surface area (Å²) in [5.41, 5.74) is 33.8. The van der Waals surface area contributed by atoms with Gasteiger partial charge in [0, 0.05) is 87.7 Å². The summed E-state index contributed by atoms with van der Waals surface area (Å²) >= 11 is 0. The molecule has 5 heterocycles. The Hall–Kier alpha value is -15.0. The van der Waals surface area contributed by atoms with Gasteiger partial charge in [-0.15, -0.1) is 0 Å². The maximum absolute atomic E-state index is 6.28. The second-order valence-electron chi connectivity index (χ2n) is 29.8. The zero-order chi connectivity index (χ0) is 74.2. The molecule has 0 bridgehead atoms. The van der Waals surface area contributed by atoms with Crippen LogP contribution < -0.4 is 0 Å². The van der Waals surface area contributed by atoms with Crippen LogP contribution in [0.15, 0.2) is 417 Å². The fourth-order valence-electron chi connectivity index (χ4n) is 18.5. The van der Waals surface area contributed by atoms with Crippen molar-refractivity contribution < 1.29 is 4.42 Å². The normalized spacial score (nSPS) is 11.9. The number of para-hydroxylation sites is 7. The van der Waals surface area contributed by atoms with E-state index in [4.69, 9.17) is 4.42 Å². The Labute approximate surface area is 651 Å². The van der Waals surface area contributed by atoms with E-state index in [0.717, 1.165) is 139 Å². The summed E-state index contributed by atoms with van der Waals surface area (Å²) < 4.78 is 16.3. The molecule has 5 heteroatoms. The molecule has 23 aromatic rings. The molecule has 0 aliphatic carbocycles. The van der Waals surface area contributed by atoms with Crippen LogP contribution in [-0.4, -0.2) is 18.3 Å². The van der Waals surface area contributed by atoms with Crippen molar-refractivity contribution in [1.82, 2.24) is 18.3 Å². The average molecular weight is 1440 g/mol. The Kier molecular flexibility index (Phi) is 14.6. The third-order valence-electron chi connectivity index (χ3n) is 23.6. The van der Waals surface area contributed by atoms with Crippen LogP contribution in [0.5, 0.6) is 0 Å². The van der Waals surface area contributed by atoms with Gasteiger partial charge < -0.3 is 22.7 Å². The third kappa shape index (κ3) is 10.3. The number of aromatic nitrogens is 4. The topological polar surface area (TPSA) is 32.9 Å². The highest BCUT2D eigenvalue weighted by Gasteiger charge is 2.26. The van der Waals surface area contributed by atoms with Crippen LogP contribution in [0, 0.1) is 0 Å². The van der Waals surface area contributed by atoms with Crippen LogP contribution in [-0.2, 0) is 0 Å². The molecule has 0 aliphatic rings. The molecule has 0 amide bonds. The van der Waals surface area contributed by atoms with Crippen molar-refractivity contribution in [3.63, 3.8) is 0 Å². The second-order valence-corrected chi connectivity index (χ2v) is 29.8. The van der Waals surface area contributed by atoms with E-state index in [1.165, 1.54) is 81.9 Å². The molecule has 0 N–H and O–H groups in total. The van der Waals surface area contributed by atoms with Gasteiger partial charge in [-0.25, -0.2) is 0 Å². The molecule has 113 heavy (non-hydrogen) atoms. The van der Waals surface area contributed by atoms with Crippen molar-refractivity contribution in [2.75, 3.05) is 0 Å². The molecule has 0 fully saturated rings. The highest BCUT2D eigenvalue weighted by Crippen LogP contribution is 2.49. The first-order chi connectivity index (χ1) is 56.1. The van der Waals surface area contributed by atoms with Crippen LogP contribution >= 0.6 is 0 Å². The van der Waals surface area contributed by atoms with E-state index in [0.29, 0.717) is 0 Å². The SMILES string of the molecule is c1ccc(-c2cc(-c3ccccc3)cc(-n3c4ccccc4c4cccc(-c5cccc6c5c5ccc(-c7ccc8c(c7)c7cccc(-c9cccc%10c9c9ccccc9n%10-c9ccccc9)c7n8-c7ccc(-c8ccccc8)c(-c8ccc(-c9ccc%10oc%11ccccc%11c%10c9)cc8)c7)cc5n6-c5ccccc5)c43)c2)cc1. The Morgan fingerprint density at radius 2 is 0.558 bits per heavy atom. The third-order valence-corrected chi connectivity index (χ3v) is 23.6. The van der Waals surface area contributed by atoms with E-state index >= 15 is 0 Å². The fraction of sp³-hybridized carbons (Fsp3) is 0. The molecule has 23 rings (SSSR count). The zero-order valence-electron chi connectivity index (χ0n) is 61.5. The highest BCUT2D eigenvalue weighted by atomic mass is 16.3. The van der Waals surface area contributed by atoms with E-state index in [-0.39, 0.29) is 0 Å². The molecule has 526 valence electrons. The summed E-state index contributed by atoms with van der Waals surface area (Å²) in [6.07, 6.45) is 0. The minimum absolute atomic E-state index is 0.891. The maximum Gasteiger partial charge on any atom is 0.135 e. The van der Waals surface area contributed by atoms with E-state index in [1.807, 2.05) is 12.1 Å². The van der Waals surface area contributed by atoms with Gasteiger partial charge in [-0.2, -0.15) is 0 Å². The first-order valence-corrected chi connectivity index (χ1v) is 38.9. The Balaban J connectivity index is 0.730. The Bertz CT molecular complexity index is 7690. The molecule has 5 aromatic heterocycles. The molecule has 0 atom stereocenters. The summed E-state index contributed by atoms with van der Waals surface area (Å²) in [4.78, 5) is 0. The van der Waals surface area contributed by atoms with Gasteiger partial charge in [0.05, 0.1) is 44.1 Å². The molecule has 0 unspecified atom stereocenters. The van der Waals surface area contributed by atoms with Gasteiger partial charge in [-0.3, -0.25) is 0 Å². The monoisotopic (exact) mass is 1440 g/mol. The Morgan fingerprint density at radius 3 is 1.20 bits per heavy atom. The number of benzene rings is 18. The molecule has 0 spiro atoms. The summed E-state index contributed by atoms with van der Waals surface area (Å²) in [7, 11) is 0. The second kappa shape index (κ2) is 25.8. The molecule has 0 radical (unpaired) electrons. The van der Waals surface area contributed by atoms with Crippen LogP contribution in [0.1, 0.15) is 0 Å². The van der Waals surface area contributed by atoms with E-state index < -0.39 is 0 Å². The summed E-state index contributed by atoms with van der Waals surface area (Å²) in [6.45, 7) is 0. The molecule has 0 aliphatic heterocycles. The summed E-state index contributed by atoms with van der Waals surface area (Å²) in [6, 6.07) is 152. The van der Waals surface area contributed by atoms with Crippen LogP contribution in [0.25, 0.3) is 221 Å². The van der Waals surface area contributed by atoms with Gasteiger partial charge in [-0.1, -0.05) is 297 Å². The number of furan rings is 1. The molecular formula is C108H68N4O. The van der Waals surface area contributed by atoms with Crippen LogP contribution in [0.3, 0.4) is 0 Å². The van der Waals surface area contributed by atoms with E-state index in [2.05, 4.69) is 419 Å². The van der Waals surface area contributed by atoms with Crippen LogP contribution in [0.4, 0.5) is 0 Å². The molecule has 0 saturated heterocycles. The number of rotatable bonds is 12. The fourth-order valence-corrected chi connectivity index (χ4v) is 18.5. The average Bonchev–Trinajstić information content (AvgIpc) is 1.56. The smallest absolute Gasteiger partial charge is 0.135 e. The van der Waals surface area contributed by atoms with Crippen LogP contribution in [0.2, 0.25) is 0 Å². The lowest BCUT2D eigenvalue weighted by atomic mass is 9.92. The van der Waals surface area contributed by atoms with Crippen molar-refractivity contribution in [3.05, 3.63) is 413 Å². The lowest BCUT2D eigenvalue weighted by Gasteiger charge is -2.17. The highest BCUT2D eigenvalue weighted by molar-refractivity contribution is 6.24. The molecule has 18 aromatic carbocycles. The largest absolute Gasteiger partial charge is 0.456 e. The van der Waals surface area contributed by atoms with Crippen molar-refractivity contribution in [2.24, 2.45) is 0 Å². The minimum Gasteiger partial charge on any atom is -0.456 e. The predicted molar refractivity (Wildman–Crippen MR) is 475 cm³/mol. The summed E-state index contributed by atoms with van der Waals surface area (Å²) in [5, 5.41) is 11.8. The quantitative estimate of drug-likeness (QED) is 0.120. The first-order valence-electron chi connectivity index (χ1n) is 38.9. The minimum atomic E-state index is 0.891. The maximum atomic E-state index is 6.28. The Morgan fingerprint density at radius 1 is 0.150 bits per heavy atom. The molecule has 0 saturated carbocycles. The van der Waals surface area contributed by atoms with Gasteiger partial charge in [0.25, 0.3) is 0 Å². The van der Waals surface area contributed by atoms with Crippen molar-refractivity contribution in [3.8, 4) is 112 Å². The first kappa shape index (κ1) is 64.0. The van der Waals surface area contributed by atoms with Crippen molar-refractivity contribution in [2.45, 2.75) is 0 Å². The lowest BCUT2D eigenvalue weighted by molar-refractivity contribution is 0.669. The lowest BCUT2D eigenvalue weighted by Crippen LogP contribution is -1.98. The standard InChI is InChI=1S/C108H68N4O/c1-6-26-69(27-7-1)77-62-78(70-28-8-2-9-29-70)64-82(63-77)112-97-45-19-16-36-84(97)88-41-22-42-89(107(88)112)87-40-25-48-101-106(87)93-58-54-76(67-102(93)110(101)80-34-14-5-15-35-80)75-55-60-99-95(65-75)91-44-23-43-90(86-39-24-47-100-105(86)92-38-17-20-46-98(92)109(100)79-32-12-4-13-33-79)108(91)111(99)81-57-59-83(72-30-10-3-11-31-72)94(68-81)73-52-50-71(51-53-73)74-56-61-104-96(66-74)85-37-18-21-49-103(85)113-104/h1-68H. The van der Waals surface area contributed by atoms with Gasteiger partial charge in [0.15, 0.2) is 0 Å². The van der Waals surface area contributed by atoms with Gasteiger partial charge >= 0.3 is 0 Å². The number of fused-ring (bicyclic) bond motifs is 15. The van der Waals surface area contributed by atoms with E-state index in [9.17, 15) is 0 Å². The van der Waals surface area contributed by atoms with Crippen molar-refractivity contribution >= 4 is 109 Å². The predicted octanol–water partition coefficient (Wildman–Crippen LogP) is 29.3. The van der Waals surface area contributed by atoms with Gasteiger partial charge in [-0.05, 0) is 193 Å². The number of hydrogen-bond donors (Lipinski definition) is 0. The number of nitrogens with zero attached hydrogens (tertiary/aromatic N) is 4. The summed E-state index contributed by atoms with van der Waals surface area (Å²) in [5.74, 6) is 0.